The van der Waals surface area contributed by atoms with Crippen LogP contribution in [-0.4, -0.2) is 46.5 Å². The van der Waals surface area contributed by atoms with E-state index in [1.807, 2.05) is 12.1 Å². The van der Waals surface area contributed by atoms with Crippen LogP contribution in [0.1, 0.15) is 87.3 Å². The van der Waals surface area contributed by atoms with Gasteiger partial charge in [0.05, 0.1) is 5.60 Å². The van der Waals surface area contributed by atoms with Gasteiger partial charge in [-0.05, 0) is 134 Å². The molecule has 1 saturated heterocycles. The number of hydrogen-bond acceptors (Lipinski definition) is 4. The number of likely N-dealkylation sites (tertiary alicyclic amines) is 1. The van der Waals surface area contributed by atoms with Crippen molar-refractivity contribution >= 4 is 0 Å². The molecule has 0 radical (unpaired) electrons. The van der Waals surface area contributed by atoms with Gasteiger partial charge in [-0.1, -0.05) is 25.1 Å². The Hall–Kier alpha value is -2.04. The number of phenolic OH excluding ortho intramolecular Hbond substituents is 1. The molecule has 0 amide bonds. The first kappa shape index (κ1) is 24.0. The van der Waals surface area contributed by atoms with Crippen molar-refractivity contribution in [1.82, 2.24) is 4.90 Å². The Morgan fingerprint density at radius 1 is 1.03 bits per heavy atom. The lowest BCUT2D eigenvalue weighted by atomic mass is 9.49. The summed E-state index contributed by atoms with van der Waals surface area (Å²) in [4.78, 5) is 2.63. The summed E-state index contributed by atoms with van der Waals surface area (Å²) in [6.07, 6.45) is 9.39. The van der Waals surface area contributed by atoms with Crippen molar-refractivity contribution in [3.8, 4) is 11.5 Å². The summed E-state index contributed by atoms with van der Waals surface area (Å²) < 4.78 is 6.21. The maximum atomic E-state index is 11.5. The summed E-state index contributed by atoms with van der Waals surface area (Å²) in [6, 6.07) is 15.8. The first-order valence-electron chi connectivity index (χ1n) is 14.8. The Bertz CT molecular complexity index is 1160. The lowest BCUT2D eigenvalue weighted by Gasteiger charge is -2.56. The molecule has 0 spiro atoms. The molecule has 2 aromatic rings. The molecule has 7 rings (SSSR count). The third-order valence-electron chi connectivity index (χ3n) is 11.8. The van der Waals surface area contributed by atoms with E-state index >= 15 is 0 Å². The number of benzene rings is 2. The maximum Gasteiger partial charge on any atom is 0.119 e. The first-order valence-corrected chi connectivity index (χ1v) is 14.8. The largest absolute Gasteiger partial charge is 0.508 e. The van der Waals surface area contributed by atoms with E-state index in [9.17, 15) is 10.2 Å². The Kier molecular flexibility index (Phi) is 5.68. The summed E-state index contributed by atoms with van der Waals surface area (Å²) in [7, 11) is 0. The molecule has 1 heterocycles. The van der Waals surface area contributed by atoms with Gasteiger partial charge in [0.15, 0.2) is 0 Å². The SMILES string of the molecule is C[C@]1(O)CC[C@H]2[C@@H]3CCc4cc(O)ccc4[C@H]3[C@@H](c3ccc(OCCN4CC5CCC4C5)cc3)C[C@@]21C. The molecule has 0 aromatic heterocycles. The Labute approximate surface area is 222 Å². The van der Waals surface area contributed by atoms with Crippen LogP contribution in [0.2, 0.25) is 0 Å². The van der Waals surface area contributed by atoms with E-state index in [2.05, 4.69) is 49.1 Å². The zero-order valence-corrected chi connectivity index (χ0v) is 22.5. The van der Waals surface area contributed by atoms with Gasteiger partial charge in [-0.3, -0.25) is 4.90 Å². The number of aliphatic hydroxyl groups is 1. The molecule has 8 atom stereocenters. The van der Waals surface area contributed by atoms with E-state index in [4.69, 9.17) is 4.74 Å². The van der Waals surface area contributed by atoms with Gasteiger partial charge < -0.3 is 14.9 Å². The Morgan fingerprint density at radius 3 is 2.62 bits per heavy atom. The highest BCUT2D eigenvalue weighted by Crippen LogP contribution is 2.67. The van der Waals surface area contributed by atoms with Crippen LogP contribution >= 0.6 is 0 Å². The van der Waals surface area contributed by atoms with Gasteiger partial charge in [0.1, 0.15) is 18.1 Å². The van der Waals surface area contributed by atoms with Crippen LogP contribution in [0.4, 0.5) is 0 Å². The predicted octanol–water partition coefficient (Wildman–Crippen LogP) is 6.26. The molecule has 4 fully saturated rings. The summed E-state index contributed by atoms with van der Waals surface area (Å²) in [5, 5.41) is 21.7. The monoisotopic (exact) mass is 501 g/mol. The second-order valence-electron chi connectivity index (χ2n) is 13.5. The summed E-state index contributed by atoms with van der Waals surface area (Å²) in [5.41, 5.74) is 3.41. The van der Waals surface area contributed by atoms with Crippen molar-refractivity contribution in [2.45, 2.75) is 88.7 Å². The van der Waals surface area contributed by atoms with Crippen molar-refractivity contribution in [1.29, 1.82) is 0 Å². The number of rotatable bonds is 5. The number of phenols is 1. The molecule has 4 heteroatoms. The Morgan fingerprint density at radius 2 is 1.86 bits per heavy atom. The smallest absolute Gasteiger partial charge is 0.119 e. The van der Waals surface area contributed by atoms with Crippen LogP contribution < -0.4 is 4.74 Å². The van der Waals surface area contributed by atoms with Gasteiger partial charge >= 0.3 is 0 Å². The van der Waals surface area contributed by atoms with Gasteiger partial charge in [0.25, 0.3) is 0 Å². The zero-order valence-electron chi connectivity index (χ0n) is 22.5. The van der Waals surface area contributed by atoms with Crippen LogP contribution in [0.5, 0.6) is 11.5 Å². The summed E-state index contributed by atoms with van der Waals surface area (Å²) >= 11 is 0. The molecule has 198 valence electrons. The number of piperidine rings is 1. The average Bonchev–Trinajstić information content (AvgIpc) is 3.57. The number of aryl methyl sites for hydroxylation is 1. The molecular formula is C33H43NO3. The average molecular weight is 502 g/mol. The molecule has 2 bridgehead atoms. The van der Waals surface area contributed by atoms with E-state index in [1.54, 1.807) is 0 Å². The molecule has 4 aliphatic carbocycles. The molecular weight excluding hydrogens is 458 g/mol. The third-order valence-corrected chi connectivity index (χ3v) is 11.8. The fourth-order valence-corrected chi connectivity index (χ4v) is 9.63. The topological polar surface area (TPSA) is 52.9 Å². The molecule has 5 aliphatic rings. The highest BCUT2D eigenvalue weighted by Gasteiger charge is 2.62. The van der Waals surface area contributed by atoms with Gasteiger partial charge in [0, 0.05) is 19.1 Å². The second kappa shape index (κ2) is 8.74. The lowest BCUT2D eigenvalue weighted by molar-refractivity contribution is -0.0963. The number of hydrogen-bond donors (Lipinski definition) is 2. The third kappa shape index (κ3) is 3.85. The minimum atomic E-state index is -0.617. The fourth-order valence-electron chi connectivity index (χ4n) is 9.63. The van der Waals surface area contributed by atoms with Crippen LogP contribution in [0.25, 0.3) is 0 Å². The maximum absolute atomic E-state index is 11.5. The number of ether oxygens (including phenoxy) is 1. The molecule has 3 saturated carbocycles. The van der Waals surface area contributed by atoms with Crippen molar-refractivity contribution in [3.63, 3.8) is 0 Å². The highest BCUT2D eigenvalue weighted by atomic mass is 16.5. The second-order valence-corrected chi connectivity index (χ2v) is 13.5. The van der Waals surface area contributed by atoms with Crippen LogP contribution in [-0.2, 0) is 6.42 Å². The molecule has 2 aromatic carbocycles. The molecule has 37 heavy (non-hydrogen) atoms. The Balaban J connectivity index is 1.14. The highest BCUT2D eigenvalue weighted by molar-refractivity contribution is 5.44. The quantitative estimate of drug-likeness (QED) is 0.508. The van der Waals surface area contributed by atoms with Crippen molar-refractivity contribution in [2.75, 3.05) is 19.7 Å². The zero-order chi connectivity index (χ0) is 25.4. The van der Waals surface area contributed by atoms with Crippen LogP contribution in [0.15, 0.2) is 42.5 Å². The number of fused-ring (bicyclic) bond motifs is 7. The summed E-state index contributed by atoms with van der Waals surface area (Å²) in [6.45, 7) is 7.51. The number of aromatic hydroxyl groups is 1. The molecule has 2 unspecified atom stereocenters. The normalized spacial score (nSPS) is 40.3. The van der Waals surface area contributed by atoms with Crippen LogP contribution in [0, 0.1) is 23.2 Å². The van der Waals surface area contributed by atoms with Gasteiger partial charge in [-0.2, -0.15) is 0 Å². The van der Waals surface area contributed by atoms with E-state index in [1.165, 1.54) is 42.5 Å². The van der Waals surface area contributed by atoms with Crippen molar-refractivity contribution in [3.05, 3.63) is 59.2 Å². The predicted molar refractivity (Wildman–Crippen MR) is 146 cm³/mol. The van der Waals surface area contributed by atoms with E-state index in [0.717, 1.165) is 63.0 Å². The molecule has 1 aliphatic heterocycles. The number of nitrogens with zero attached hydrogens (tertiary/aromatic N) is 1. The minimum absolute atomic E-state index is 0.0719. The molecule has 4 nitrogen and oxygen atoms in total. The van der Waals surface area contributed by atoms with Crippen molar-refractivity contribution in [2.24, 2.45) is 23.2 Å². The van der Waals surface area contributed by atoms with Gasteiger partial charge in [-0.15, -0.1) is 0 Å². The standard InChI is InChI=1S/C33H43NO3/c1-32-19-29(22-4-9-26(10-5-22)37-16-15-34-20-21-3-7-24(34)17-21)31-27-12-8-25(35)18-23(27)6-11-28(31)30(32)13-14-33(32,2)36/h4-5,8-10,12,18,21,24,28-31,35-36H,3,6-7,11,13-17,19-20H2,1-2H3/t21?,24?,28-,29+,30-,31+,32-,33-/m0/s1. The molecule has 2 N–H and O–H groups in total. The van der Waals surface area contributed by atoms with Gasteiger partial charge in [0.2, 0.25) is 0 Å². The van der Waals surface area contributed by atoms with E-state index in [-0.39, 0.29) is 5.41 Å². The van der Waals surface area contributed by atoms with Crippen LogP contribution in [0.3, 0.4) is 0 Å². The van der Waals surface area contributed by atoms with Gasteiger partial charge in [-0.25, -0.2) is 0 Å². The fraction of sp³-hybridized carbons (Fsp3) is 0.636. The van der Waals surface area contributed by atoms with Crippen molar-refractivity contribution < 1.29 is 14.9 Å². The minimum Gasteiger partial charge on any atom is -0.508 e. The lowest BCUT2D eigenvalue weighted by Crippen LogP contribution is -2.51. The van der Waals surface area contributed by atoms with E-state index in [0.29, 0.717) is 29.4 Å². The first-order chi connectivity index (χ1) is 17.8. The van der Waals surface area contributed by atoms with E-state index < -0.39 is 5.60 Å². The summed E-state index contributed by atoms with van der Waals surface area (Å²) in [5.74, 6) is 4.19.